The van der Waals surface area contributed by atoms with Crippen molar-refractivity contribution in [3.05, 3.63) is 23.3 Å². The first kappa shape index (κ1) is 17.8. The fourth-order valence-corrected chi connectivity index (χ4v) is 6.25. The summed E-state index contributed by atoms with van der Waals surface area (Å²) in [7, 11) is 0. The Morgan fingerprint density at radius 1 is 0.680 bits per heavy atom. The average molecular weight is 343 g/mol. The highest BCUT2D eigenvalue weighted by atomic mass is 16.3. The zero-order valence-corrected chi connectivity index (χ0v) is 16.1. The third-order valence-electron chi connectivity index (χ3n) is 7.77. The molecule has 3 saturated carbocycles. The third-order valence-corrected chi connectivity index (χ3v) is 7.77. The summed E-state index contributed by atoms with van der Waals surface area (Å²) in [6.45, 7) is 0. The van der Waals surface area contributed by atoms with Gasteiger partial charge in [0.25, 0.3) is 0 Å². The van der Waals surface area contributed by atoms with E-state index in [4.69, 9.17) is 0 Å². The van der Waals surface area contributed by atoms with E-state index in [1.165, 1.54) is 102 Å². The highest BCUT2D eigenvalue weighted by Crippen LogP contribution is 2.46. The van der Waals surface area contributed by atoms with Crippen LogP contribution in [-0.2, 0) is 0 Å². The van der Waals surface area contributed by atoms with Gasteiger partial charge in [-0.3, -0.25) is 0 Å². The molecule has 0 amide bonds. The molecule has 0 bridgehead atoms. The van der Waals surface area contributed by atoms with Crippen LogP contribution >= 0.6 is 0 Å². The topological polar surface area (TPSA) is 20.2 Å². The molecule has 25 heavy (non-hydrogen) atoms. The Labute approximate surface area is 155 Å². The lowest BCUT2D eigenvalue weighted by Gasteiger charge is -2.42. The van der Waals surface area contributed by atoms with Crippen LogP contribution in [0.15, 0.2) is 23.3 Å². The van der Waals surface area contributed by atoms with Crippen molar-refractivity contribution in [1.82, 2.24) is 0 Å². The number of rotatable bonds is 3. The summed E-state index contributed by atoms with van der Waals surface area (Å²) in [6.07, 6.45) is 26.2. The number of aliphatic hydroxyl groups is 1. The van der Waals surface area contributed by atoms with Gasteiger partial charge in [-0.25, -0.2) is 0 Å². The second-order valence-corrected chi connectivity index (χ2v) is 9.54. The predicted molar refractivity (Wildman–Crippen MR) is 105 cm³/mol. The van der Waals surface area contributed by atoms with Crippen LogP contribution in [-0.4, -0.2) is 10.7 Å². The van der Waals surface area contributed by atoms with E-state index in [1.807, 2.05) is 0 Å². The molecule has 140 valence electrons. The molecule has 1 heteroatoms. The Hall–Kier alpha value is -0.560. The first-order chi connectivity index (χ1) is 12.2. The maximum Gasteiger partial charge on any atom is 0.0898 e. The van der Waals surface area contributed by atoms with E-state index in [9.17, 15) is 5.11 Å². The highest BCUT2D eigenvalue weighted by Gasteiger charge is 2.40. The van der Waals surface area contributed by atoms with Gasteiger partial charge >= 0.3 is 0 Å². The molecule has 0 aromatic rings. The molecule has 0 spiro atoms. The van der Waals surface area contributed by atoms with Crippen LogP contribution in [0.1, 0.15) is 103 Å². The number of hydrogen-bond acceptors (Lipinski definition) is 1. The zero-order chi connectivity index (χ0) is 17.1. The second-order valence-electron chi connectivity index (χ2n) is 9.54. The van der Waals surface area contributed by atoms with Gasteiger partial charge < -0.3 is 5.11 Å². The second kappa shape index (κ2) is 7.99. The smallest absolute Gasteiger partial charge is 0.0898 e. The fraction of sp³-hybridized carbons (Fsp3) is 0.833. The minimum atomic E-state index is -0.533. The molecule has 1 N–H and O–H groups in total. The van der Waals surface area contributed by atoms with Gasteiger partial charge in [-0.05, 0) is 67.9 Å². The lowest BCUT2D eigenvalue weighted by Crippen LogP contribution is -2.40. The summed E-state index contributed by atoms with van der Waals surface area (Å²) < 4.78 is 0. The van der Waals surface area contributed by atoms with Crippen LogP contribution in [0.2, 0.25) is 0 Å². The Bertz CT molecular complexity index is 498. The van der Waals surface area contributed by atoms with Crippen LogP contribution < -0.4 is 0 Å². The lowest BCUT2D eigenvalue weighted by atomic mass is 9.66. The normalized spacial score (nSPS) is 33.8. The predicted octanol–water partition coefficient (Wildman–Crippen LogP) is 6.71. The van der Waals surface area contributed by atoms with Crippen molar-refractivity contribution < 1.29 is 5.11 Å². The van der Waals surface area contributed by atoms with Gasteiger partial charge in [0.15, 0.2) is 0 Å². The maximum atomic E-state index is 11.8. The molecule has 1 unspecified atom stereocenters. The summed E-state index contributed by atoms with van der Waals surface area (Å²) >= 11 is 0. The van der Waals surface area contributed by atoms with Crippen LogP contribution in [0.4, 0.5) is 0 Å². The van der Waals surface area contributed by atoms with E-state index in [2.05, 4.69) is 12.2 Å². The zero-order valence-electron chi connectivity index (χ0n) is 16.1. The van der Waals surface area contributed by atoms with E-state index in [0.29, 0.717) is 5.92 Å². The molecule has 1 atom stereocenters. The number of allylic oxidation sites excluding steroid dienone is 2. The van der Waals surface area contributed by atoms with Crippen molar-refractivity contribution in [2.24, 2.45) is 17.8 Å². The Kier molecular flexibility index (Phi) is 5.70. The molecule has 4 aliphatic carbocycles. The van der Waals surface area contributed by atoms with Crippen molar-refractivity contribution in [2.45, 2.75) is 108 Å². The van der Waals surface area contributed by atoms with Gasteiger partial charge in [0, 0.05) is 6.42 Å². The highest BCUT2D eigenvalue weighted by molar-refractivity contribution is 5.37. The molecule has 0 heterocycles. The molecule has 4 aliphatic rings. The standard InChI is InChI=1S/C24H38O/c25-24(23-14-8-3-9-15-23)17-21(19-10-4-1-5-11-19)16-22(18-24)20-12-6-2-7-13-20/h16-17,19-20,23,25H,1-15,18H2. The van der Waals surface area contributed by atoms with Crippen LogP contribution in [0.3, 0.4) is 0 Å². The molecule has 0 aliphatic heterocycles. The van der Waals surface area contributed by atoms with Gasteiger partial charge in [-0.15, -0.1) is 0 Å². The molecule has 0 aromatic carbocycles. The lowest BCUT2D eigenvalue weighted by molar-refractivity contribution is 0.00602. The molecule has 0 radical (unpaired) electrons. The van der Waals surface area contributed by atoms with E-state index in [-0.39, 0.29) is 0 Å². The molecule has 1 nitrogen and oxygen atoms in total. The van der Waals surface area contributed by atoms with Crippen molar-refractivity contribution >= 4 is 0 Å². The molecular weight excluding hydrogens is 304 g/mol. The van der Waals surface area contributed by atoms with Crippen LogP contribution in [0.25, 0.3) is 0 Å². The van der Waals surface area contributed by atoms with Crippen molar-refractivity contribution in [1.29, 1.82) is 0 Å². The largest absolute Gasteiger partial charge is 0.385 e. The summed E-state index contributed by atoms with van der Waals surface area (Å²) in [4.78, 5) is 0. The Morgan fingerprint density at radius 3 is 1.80 bits per heavy atom. The molecule has 0 saturated heterocycles. The third kappa shape index (κ3) is 4.07. The summed E-state index contributed by atoms with van der Waals surface area (Å²) in [5.74, 6) is 1.99. The Balaban J connectivity index is 1.60. The summed E-state index contributed by atoms with van der Waals surface area (Å²) in [6, 6.07) is 0. The number of hydrogen-bond donors (Lipinski definition) is 1. The van der Waals surface area contributed by atoms with Gasteiger partial charge in [-0.2, -0.15) is 0 Å². The van der Waals surface area contributed by atoms with E-state index in [0.717, 1.165) is 18.3 Å². The fourth-order valence-electron chi connectivity index (χ4n) is 6.25. The summed E-state index contributed by atoms with van der Waals surface area (Å²) in [5.41, 5.74) is 2.62. The summed E-state index contributed by atoms with van der Waals surface area (Å²) in [5, 5.41) is 11.8. The molecule has 3 fully saturated rings. The SMILES string of the molecule is OC1(C2CCCCC2)C=C(C2CCCCC2)C=C(C2CCCCC2)C1. The maximum absolute atomic E-state index is 11.8. The van der Waals surface area contributed by atoms with Gasteiger partial charge in [0.05, 0.1) is 5.60 Å². The van der Waals surface area contributed by atoms with Gasteiger partial charge in [-0.1, -0.05) is 69.4 Å². The minimum absolute atomic E-state index is 0.507. The van der Waals surface area contributed by atoms with Crippen molar-refractivity contribution in [3.8, 4) is 0 Å². The van der Waals surface area contributed by atoms with Crippen LogP contribution in [0.5, 0.6) is 0 Å². The first-order valence-corrected chi connectivity index (χ1v) is 11.4. The monoisotopic (exact) mass is 342 g/mol. The quantitative estimate of drug-likeness (QED) is 0.604. The van der Waals surface area contributed by atoms with Crippen molar-refractivity contribution in [3.63, 3.8) is 0 Å². The van der Waals surface area contributed by atoms with Crippen molar-refractivity contribution in [2.75, 3.05) is 0 Å². The minimum Gasteiger partial charge on any atom is -0.385 e. The average Bonchev–Trinajstić information content (AvgIpc) is 2.70. The first-order valence-electron chi connectivity index (χ1n) is 11.4. The van der Waals surface area contributed by atoms with Gasteiger partial charge in [0.2, 0.25) is 0 Å². The molecular formula is C24H38O. The van der Waals surface area contributed by atoms with E-state index in [1.54, 1.807) is 5.57 Å². The van der Waals surface area contributed by atoms with Crippen LogP contribution in [0, 0.1) is 17.8 Å². The van der Waals surface area contributed by atoms with E-state index < -0.39 is 5.60 Å². The van der Waals surface area contributed by atoms with E-state index >= 15 is 0 Å². The molecule has 0 aromatic heterocycles. The Morgan fingerprint density at radius 2 is 1.20 bits per heavy atom. The molecule has 4 rings (SSSR count). The van der Waals surface area contributed by atoms with Gasteiger partial charge in [0.1, 0.15) is 0 Å².